The molecule has 0 atom stereocenters. The minimum atomic E-state index is -0.702. The van der Waals surface area contributed by atoms with Crippen molar-refractivity contribution in [2.24, 2.45) is 5.92 Å². The molecule has 29 heavy (non-hydrogen) atoms. The molecule has 1 aromatic heterocycles. The molecule has 2 aromatic carbocycles. The molecule has 6 heteroatoms. The highest BCUT2D eigenvalue weighted by atomic mass is 16.4. The first-order valence-corrected chi connectivity index (χ1v) is 9.87. The third kappa shape index (κ3) is 4.22. The Hall–Kier alpha value is -2.99. The number of carboxylic acid groups (broad SMARTS) is 1. The Balaban J connectivity index is 1.42. The zero-order chi connectivity index (χ0) is 20.6. The second kappa shape index (κ2) is 7.44. The molecular formula is C23H26N4O2. The Kier molecular flexibility index (Phi) is 4.96. The van der Waals surface area contributed by atoms with E-state index in [9.17, 15) is 4.79 Å². The van der Waals surface area contributed by atoms with E-state index in [1.807, 2.05) is 18.3 Å². The Bertz CT molecular complexity index is 995. The number of likely N-dealkylation sites (tertiary alicyclic amines) is 1. The van der Waals surface area contributed by atoms with Crippen LogP contribution >= 0.6 is 0 Å². The maximum Gasteiger partial charge on any atom is 0.309 e. The molecule has 0 bridgehead atoms. The molecule has 1 fully saturated rings. The van der Waals surface area contributed by atoms with Crippen molar-refractivity contribution in [3.05, 3.63) is 65.9 Å². The van der Waals surface area contributed by atoms with Gasteiger partial charge >= 0.3 is 5.97 Å². The molecule has 0 radical (unpaired) electrons. The van der Waals surface area contributed by atoms with E-state index in [0.717, 1.165) is 29.1 Å². The molecule has 1 saturated heterocycles. The molecule has 0 unspecified atom stereocenters. The molecule has 1 N–H and O–H groups in total. The SMILES string of the molecule is CC(C)(C)c1ccc(-c2cn(-c3ccc(CN4CC(C(=O)O)C4)cc3)nn2)cc1. The van der Waals surface area contributed by atoms with Crippen LogP contribution in [0.4, 0.5) is 0 Å². The lowest BCUT2D eigenvalue weighted by molar-refractivity contribution is -0.147. The second-order valence-electron chi connectivity index (χ2n) is 8.77. The van der Waals surface area contributed by atoms with E-state index < -0.39 is 5.97 Å². The van der Waals surface area contributed by atoms with Gasteiger partial charge in [0.15, 0.2) is 0 Å². The van der Waals surface area contributed by atoms with Gasteiger partial charge in [-0.15, -0.1) is 5.10 Å². The van der Waals surface area contributed by atoms with Gasteiger partial charge in [-0.05, 0) is 28.7 Å². The van der Waals surface area contributed by atoms with Gasteiger partial charge in [0, 0.05) is 25.2 Å². The van der Waals surface area contributed by atoms with Crippen molar-refractivity contribution in [1.29, 1.82) is 0 Å². The average molecular weight is 390 g/mol. The van der Waals surface area contributed by atoms with Gasteiger partial charge in [-0.2, -0.15) is 0 Å². The number of carboxylic acids is 1. The fraction of sp³-hybridized carbons (Fsp3) is 0.348. The zero-order valence-electron chi connectivity index (χ0n) is 17.0. The van der Waals surface area contributed by atoms with E-state index in [1.54, 1.807) is 4.68 Å². The molecule has 2 heterocycles. The molecule has 150 valence electrons. The molecule has 1 aliphatic rings. The van der Waals surface area contributed by atoms with Crippen molar-refractivity contribution in [3.8, 4) is 16.9 Å². The van der Waals surface area contributed by atoms with Gasteiger partial charge < -0.3 is 5.11 Å². The minimum Gasteiger partial charge on any atom is -0.481 e. The molecule has 3 aromatic rings. The number of carbonyl (C=O) groups is 1. The maximum atomic E-state index is 10.9. The molecule has 6 nitrogen and oxygen atoms in total. The fourth-order valence-corrected chi connectivity index (χ4v) is 3.53. The Labute approximate surface area is 170 Å². The second-order valence-corrected chi connectivity index (χ2v) is 8.77. The molecular weight excluding hydrogens is 364 g/mol. The summed E-state index contributed by atoms with van der Waals surface area (Å²) in [5.74, 6) is -0.924. The topological polar surface area (TPSA) is 71.2 Å². The number of aromatic nitrogens is 3. The number of hydrogen-bond acceptors (Lipinski definition) is 4. The summed E-state index contributed by atoms with van der Waals surface area (Å²) < 4.78 is 1.78. The van der Waals surface area contributed by atoms with E-state index >= 15 is 0 Å². The normalized spacial score (nSPS) is 15.3. The van der Waals surface area contributed by atoms with Crippen molar-refractivity contribution >= 4 is 5.97 Å². The molecule has 0 aliphatic carbocycles. The summed E-state index contributed by atoms with van der Waals surface area (Å²) in [6.07, 6.45) is 1.94. The van der Waals surface area contributed by atoms with Crippen molar-refractivity contribution < 1.29 is 9.90 Å². The van der Waals surface area contributed by atoms with Gasteiger partial charge in [0.25, 0.3) is 0 Å². The predicted octanol–water partition coefficient (Wildman–Crippen LogP) is 3.75. The summed E-state index contributed by atoms with van der Waals surface area (Å²) in [7, 11) is 0. The van der Waals surface area contributed by atoms with Crippen LogP contribution in [0.15, 0.2) is 54.7 Å². The number of aliphatic carboxylic acids is 1. The third-order valence-corrected chi connectivity index (χ3v) is 5.45. The van der Waals surface area contributed by atoms with Gasteiger partial charge in [0.2, 0.25) is 0 Å². The number of nitrogens with zero attached hydrogens (tertiary/aromatic N) is 4. The van der Waals surface area contributed by atoms with E-state index in [4.69, 9.17) is 5.11 Å². The van der Waals surface area contributed by atoms with Gasteiger partial charge in [-0.1, -0.05) is 62.4 Å². The summed E-state index contributed by atoms with van der Waals surface area (Å²) in [5, 5.41) is 17.6. The van der Waals surface area contributed by atoms with Gasteiger partial charge in [-0.3, -0.25) is 9.69 Å². The van der Waals surface area contributed by atoms with E-state index in [-0.39, 0.29) is 11.3 Å². The molecule has 0 saturated carbocycles. The van der Waals surface area contributed by atoms with E-state index in [1.165, 1.54) is 5.56 Å². The first-order chi connectivity index (χ1) is 13.8. The zero-order valence-corrected chi connectivity index (χ0v) is 17.0. The van der Waals surface area contributed by atoms with Crippen LogP contribution in [0.3, 0.4) is 0 Å². The van der Waals surface area contributed by atoms with E-state index in [0.29, 0.717) is 13.1 Å². The van der Waals surface area contributed by atoms with Crippen molar-refractivity contribution in [2.45, 2.75) is 32.7 Å². The smallest absolute Gasteiger partial charge is 0.309 e. The standard InChI is InChI=1S/C23H26N4O2/c1-23(2,3)19-8-6-17(7-9-19)21-15-27(25-24-21)20-10-4-16(5-11-20)12-26-13-18(14-26)22(28)29/h4-11,15,18H,12-14H2,1-3H3,(H,28,29). The van der Waals surface area contributed by atoms with Crippen LogP contribution in [-0.4, -0.2) is 44.1 Å². The Morgan fingerprint density at radius 2 is 1.72 bits per heavy atom. The Morgan fingerprint density at radius 1 is 1.07 bits per heavy atom. The quantitative estimate of drug-likeness (QED) is 0.718. The first-order valence-electron chi connectivity index (χ1n) is 9.87. The fourth-order valence-electron chi connectivity index (χ4n) is 3.53. The molecule has 4 rings (SSSR count). The maximum absolute atomic E-state index is 10.9. The first kappa shape index (κ1) is 19.3. The molecule has 1 aliphatic heterocycles. The minimum absolute atomic E-state index is 0.127. The lowest BCUT2D eigenvalue weighted by Gasteiger charge is -2.36. The number of benzene rings is 2. The van der Waals surface area contributed by atoms with Crippen molar-refractivity contribution in [3.63, 3.8) is 0 Å². The van der Waals surface area contributed by atoms with Crippen LogP contribution in [0, 0.1) is 5.92 Å². The summed E-state index contributed by atoms with van der Waals surface area (Å²) in [6.45, 7) is 8.62. The molecule has 0 amide bonds. The summed E-state index contributed by atoms with van der Waals surface area (Å²) in [5.41, 5.74) is 5.42. The summed E-state index contributed by atoms with van der Waals surface area (Å²) in [4.78, 5) is 13.0. The predicted molar refractivity (Wildman–Crippen MR) is 112 cm³/mol. The van der Waals surface area contributed by atoms with Crippen molar-refractivity contribution in [2.75, 3.05) is 13.1 Å². The number of rotatable bonds is 5. The lowest BCUT2D eigenvalue weighted by Crippen LogP contribution is -2.49. The monoisotopic (exact) mass is 390 g/mol. The molecule has 0 spiro atoms. The summed E-state index contributed by atoms with van der Waals surface area (Å²) in [6, 6.07) is 16.6. The summed E-state index contributed by atoms with van der Waals surface area (Å²) >= 11 is 0. The largest absolute Gasteiger partial charge is 0.481 e. The highest BCUT2D eigenvalue weighted by molar-refractivity contribution is 5.71. The van der Waals surface area contributed by atoms with Crippen LogP contribution in [0.5, 0.6) is 0 Å². The van der Waals surface area contributed by atoms with Gasteiger partial charge in [0.1, 0.15) is 5.69 Å². The van der Waals surface area contributed by atoms with Gasteiger partial charge in [0.05, 0.1) is 17.8 Å². The van der Waals surface area contributed by atoms with Crippen LogP contribution < -0.4 is 0 Å². The Morgan fingerprint density at radius 3 is 2.31 bits per heavy atom. The lowest BCUT2D eigenvalue weighted by atomic mass is 9.86. The van der Waals surface area contributed by atoms with Crippen LogP contribution in [0.1, 0.15) is 31.9 Å². The highest BCUT2D eigenvalue weighted by Gasteiger charge is 2.32. The van der Waals surface area contributed by atoms with Crippen molar-refractivity contribution in [1.82, 2.24) is 19.9 Å². The average Bonchev–Trinajstić information content (AvgIpc) is 3.14. The van der Waals surface area contributed by atoms with Crippen LogP contribution in [0.2, 0.25) is 0 Å². The van der Waals surface area contributed by atoms with Crippen LogP contribution in [0.25, 0.3) is 16.9 Å². The van der Waals surface area contributed by atoms with Crippen LogP contribution in [-0.2, 0) is 16.8 Å². The highest BCUT2D eigenvalue weighted by Crippen LogP contribution is 2.25. The van der Waals surface area contributed by atoms with Gasteiger partial charge in [-0.25, -0.2) is 4.68 Å². The third-order valence-electron chi connectivity index (χ3n) is 5.45. The van der Waals surface area contributed by atoms with E-state index in [2.05, 4.69) is 72.4 Å². The number of hydrogen-bond donors (Lipinski definition) is 1.